The molecule has 6 heteroatoms. The molecule has 1 unspecified atom stereocenters. The van der Waals surface area contributed by atoms with Crippen LogP contribution in [0.1, 0.15) is 55.8 Å². The second kappa shape index (κ2) is 10.0. The molecule has 0 aromatic heterocycles. The molecule has 0 spiro atoms. The molecule has 0 amide bonds. The van der Waals surface area contributed by atoms with Crippen LogP contribution in [-0.2, 0) is 4.74 Å². The molecule has 3 nitrogen and oxygen atoms in total. The molecule has 1 aromatic rings. The molecular formula is C18H23F3O3. The number of allylic oxidation sites excluding steroid dienone is 1. The van der Waals surface area contributed by atoms with Gasteiger partial charge >= 0.3 is 12.1 Å². The molecule has 0 aliphatic rings. The van der Waals surface area contributed by atoms with Crippen molar-refractivity contribution in [1.82, 2.24) is 0 Å². The first-order valence-electron chi connectivity index (χ1n) is 8.08. The van der Waals surface area contributed by atoms with E-state index in [-0.39, 0.29) is 11.3 Å². The average molecular weight is 344 g/mol. The van der Waals surface area contributed by atoms with E-state index in [9.17, 15) is 18.0 Å². The van der Waals surface area contributed by atoms with Gasteiger partial charge in [-0.2, -0.15) is 13.2 Å². The van der Waals surface area contributed by atoms with E-state index >= 15 is 0 Å². The van der Waals surface area contributed by atoms with E-state index in [2.05, 4.69) is 11.7 Å². The van der Waals surface area contributed by atoms with E-state index in [0.29, 0.717) is 6.42 Å². The van der Waals surface area contributed by atoms with E-state index in [1.54, 1.807) is 0 Å². The number of esters is 1. The number of phenolic OH excluding ortho intramolecular Hbond substituents is 1. The molecule has 134 valence electrons. The van der Waals surface area contributed by atoms with Gasteiger partial charge in [0.2, 0.25) is 6.10 Å². The van der Waals surface area contributed by atoms with Crippen LogP contribution in [0, 0.1) is 0 Å². The normalized spacial score (nSPS) is 13.2. The van der Waals surface area contributed by atoms with Gasteiger partial charge in [-0.1, -0.05) is 38.7 Å². The lowest BCUT2D eigenvalue weighted by atomic mass is 10.1. The van der Waals surface area contributed by atoms with Crippen LogP contribution in [0.15, 0.2) is 36.4 Å². The highest BCUT2D eigenvalue weighted by Gasteiger charge is 2.41. The molecule has 0 radical (unpaired) electrons. The first kappa shape index (κ1) is 20.1. The molecule has 0 saturated carbocycles. The third kappa shape index (κ3) is 7.53. The number of carbonyl (C=O) groups excluding carboxylic acids is 1. The highest BCUT2D eigenvalue weighted by Crippen LogP contribution is 2.25. The number of alkyl halides is 3. The predicted molar refractivity (Wildman–Crippen MR) is 85.9 cm³/mol. The number of ether oxygens (including phenoxy) is 1. The Labute approximate surface area is 140 Å². The Kier molecular flexibility index (Phi) is 8.36. The topological polar surface area (TPSA) is 46.5 Å². The summed E-state index contributed by atoms with van der Waals surface area (Å²) < 4.78 is 43.5. The third-order valence-corrected chi connectivity index (χ3v) is 3.44. The number of unbranched alkanes of at least 4 members (excludes halogenated alkanes) is 5. The summed E-state index contributed by atoms with van der Waals surface area (Å²) in [6.45, 7) is 2.09. The fraction of sp³-hybridized carbons (Fsp3) is 0.500. The molecule has 1 atom stereocenters. The number of benzene rings is 1. The lowest BCUT2D eigenvalue weighted by Crippen LogP contribution is -2.32. The van der Waals surface area contributed by atoms with Crippen molar-refractivity contribution >= 4 is 5.97 Å². The SMILES string of the molecule is CCCCCCC/C=C\C(OC(=O)c1ccc(O)cc1)C(F)(F)F. The lowest BCUT2D eigenvalue weighted by molar-refractivity contribution is -0.189. The van der Waals surface area contributed by atoms with Crippen LogP contribution in [0.4, 0.5) is 13.2 Å². The Morgan fingerprint density at radius 3 is 2.38 bits per heavy atom. The molecule has 1 N–H and O–H groups in total. The fourth-order valence-corrected chi connectivity index (χ4v) is 2.08. The second-order valence-electron chi connectivity index (χ2n) is 5.55. The van der Waals surface area contributed by atoms with Crippen LogP contribution in [0.25, 0.3) is 0 Å². The van der Waals surface area contributed by atoms with Crippen molar-refractivity contribution in [2.45, 2.75) is 57.7 Å². The van der Waals surface area contributed by atoms with Crippen molar-refractivity contribution in [3.8, 4) is 5.75 Å². The predicted octanol–water partition coefficient (Wildman–Crippen LogP) is 5.40. The number of phenols is 1. The lowest BCUT2D eigenvalue weighted by Gasteiger charge is -2.17. The minimum absolute atomic E-state index is 0.0463. The standard InChI is InChI=1S/C18H23F3O3/c1-2-3-4-5-6-7-8-9-16(18(19,20)21)24-17(23)14-10-12-15(22)13-11-14/h8-13,16,22H,2-7H2,1H3/b9-8-. The number of hydrogen-bond donors (Lipinski definition) is 1. The highest BCUT2D eigenvalue weighted by molar-refractivity contribution is 5.89. The maximum absolute atomic E-state index is 13.0. The second-order valence-corrected chi connectivity index (χ2v) is 5.55. The first-order chi connectivity index (χ1) is 11.3. The monoisotopic (exact) mass is 344 g/mol. The molecule has 24 heavy (non-hydrogen) atoms. The fourth-order valence-electron chi connectivity index (χ4n) is 2.08. The van der Waals surface area contributed by atoms with Gasteiger partial charge in [0.1, 0.15) is 5.75 Å². The average Bonchev–Trinajstić information content (AvgIpc) is 2.52. The van der Waals surface area contributed by atoms with Crippen LogP contribution in [0.3, 0.4) is 0 Å². The summed E-state index contributed by atoms with van der Waals surface area (Å²) in [4.78, 5) is 11.8. The van der Waals surface area contributed by atoms with E-state index < -0.39 is 18.2 Å². The zero-order chi connectivity index (χ0) is 18.0. The van der Waals surface area contributed by atoms with Crippen LogP contribution in [0.2, 0.25) is 0 Å². The number of aromatic hydroxyl groups is 1. The number of carbonyl (C=O) groups is 1. The molecule has 0 heterocycles. The summed E-state index contributed by atoms with van der Waals surface area (Å²) in [7, 11) is 0. The van der Waals surface area contributed by atoms with Gasteiger partial charge in [0.25, 0.3) is 0 Å². The largest absolute Gasteiger partial charge is 0.508 e. The molecular weight excluding hydrogens is 321 g/mol. The Balaban J connectivity index is 2.56. The van der Waals surface area contributed by atoms with Crippen molar-refractivity contribution in [2.24, 2.45) is 0 Å². The molecule has 0 bridgehead atoms. The number of rotatable bonds is 9. The quantitative estimate of drug-likeness (QED) is 0.371. The van der Waals surface area contributed by atoms with Crippen LogP contribution >= 0.6 is 0 Å². The van der Waals surface area contributed by atoms with Crippen molar-refractivity contribution in [2.75, 3.05) is 0 Å². The minimum Gasteiger partial charge on any atom is -0.508 e. The molecule has 1 aromatic carbocycles. The number of halogens is 3. The van der Waals surface area contributed by atoms with Gasteiger partial charge in [-0.25, -0.2) is 4.79 Å². The van der Waals surface area contributed by atoms with Crippen molar-refractivity contribution in [3.05, 3.63) is 42.0 Å². The van der Waals surface area contributed by atoms with Gasteiger partial charge in [-0.15, -0.1) is 0 Å². The Morgan fingerprint density at radius 1 is 1.17 bits per heavy atom. The van der Waals surface area contributed by atoms with E-state index in [1.807, 2.05) is 0 Å². The molecule has 0 saturated heterocycles. The van der Waals surface area contributed by atoms with Gasteiger partial charge in [0.15, 0.2) is 0 Å². The molecule has 1 rings (SSSR count). The van der Waals surface area contributed by atoms with Gasteiger partial charge < -0.3 is 9.84 Å². The van der Waals surface area contributed by atoms with Crippen molar-refractivity contribution < 1.29 is 27.8 Å². The Hall–Kier alpha value is -1.98. The minimum atomic E-state index is -4.66. The van der Waals surface area contributed by atoms with Crippen LogP contribution in [-0.4, -0.2) is 23.4 Å². The van der Waals surface area contributed by atoms with E-state index in [4.69, 9.17) is 5.11 Å². The van der Waals surface area contributed by atoms with Gasteiger partial charge in [0, 0.05) is 0 Å². The van der Waals surface area contributed by atoms with E-state index in [1.165, 1.54) is 30.3 Å². The van der Waals surface area contributed by atoms with Crippen LogP contribution in [0.5, 0.6) is 5.75 Å². The molecule has 0 aliphatic carbocycles. The third-order valence-electron chi connectivity index (χ3n) is 3.44. The zero-order valence-electron chi connectivity index (χ0n) is 13.7. The van der Waals surface area contributed by atoms with Gasteiger partial charge in [0.05, 0.1) is 5.56 Å². The maximum Gasteiger partial charge on any atom is 0.429 e. The highest BCUT2D eigenvalue weighted by atomic mass is 19.4. The summed E-state index contributed by atoms with van der Waals surface area (Å²) >= 11 is 0. The number of hydrogen-bond acceptors (Lipinski definition) is 3. The van der Waals surface area contributed by atoms with E-state index in [0.717, 1.165) is 38.2 Å². The first-order valence-corrected chi connectivity index (χ1v) is 8.08. The van der Waals surface area contributed by atoms with Crippen LogP contribution < -0.4 is 0 Å². The molecule has 0 fully saturated rings. The van der Waals surface area contributed by atoms with Gasteiger partial charge in [-0.3, -0.25) is 0 Å². The Morgan fingerprint density at radius 2 is 1.79 bits per heavy atom. The summed E-state index contributed by atoms with van der Waals surface area (Å²) in [6, 6.07) is 4.85. The smallest absolute Gasteiger partial charge is 0.429 e. The summed E-state index contributed by atoms with van der Waals surface area (Å²) in [5.74, 6) is -1.16. The summed E-state index contributed by atoms with van der Waals surface area (Å²) in [5.41, 5.74) is -0.0463. The van der Waals surface area contributed by atoms with Crippen molar-refractivity contribution in [1.29, 1.82) is 0 Å². The Bertz CT molecular complexity index is 521. The zero-order valence-corrected chi connectivity index (χ0v) is 13.7. The molecule has 0 aliphatic heterocycles. The summed E-state index contributed by atoms with van der Waals surface area (Å²) in [5, 5.41) is 9.13. The maximum atomic E-state index is 13.0. The summed E-state index contributed by atoms with van der Waals surface area (Å²) in [6.07, 6.45) is 0.982. The van der Waals surface area contributed by atoms with Crippen molar-refractivity contribution in [3.63, 3.8) is 0 Å². The van der Waals surface area contributed by atoms with Gasteiger partial charge in [-0.05, 0) is 43.2 Å².